The zero-order chi connectivity index (χ0) is 12.7. The lowest BCUT2D eigenvalue weighted by atomic mass is 10.00. The van der Waals surface area contributed by atoms with Gasteiger partial charge in [-0.2, -0.15) is 0 Å². The molecule has 0 heterocycles. The molecule has 0 saturated carbocycles. The van der Waals surface area contributed by atoms with Crippen LogP contribution < -0.4 is 0 Å². The molecule has 0 amide bonds. The SMILES string of the molecule is CCCCCCC(=O)Cc1cc(F)ccc1C. The number of benzene rings is 1. The molecule has 0 aromatic heterocycles. The maximum atomic E-state index is 13.0. The predicted molar refractivity (Wildman–Crippen MR) is 68.6 cm³/mol. The van der Waals surface area contributed by atoms with E-state index in [0.717, 1.165) is 24.0 Å². The van der Waals surface area contributed by atoms with E-state index >= 15 is 0 Å². The van der Waals surface area contributed by atoms with E-state index in [1.807, 2.05) is 6.92 Å². The van der Waals surface area contributed by atoms with Crippen LogP contribution in [0.3, 0.4) is 0 Å². The molecule has 0 fully saturated rings. The van der Waals surface area contributed by atoms with Crippen LogP contribution in [0.2, 0.25) is 0 Å². The number of ketones is 1. The molecule has 0 aliphatic heterocycles. The van der Waals surface area contributed by atoms with Gasteiger partial charge in [-0.3, -0.25) is 4.79 Å². The van der Waals surface area contributed by atoms with Gasteiger partial charge in [-0.25, -0.2) is 4.39 Å². The average Bonchev–Trinajstić information content (AvgIpc) is 2.29. The summed E-state index contributed by atoms with van der Waals surface area (Å²) in [5.74, 6) is -0.0424. The van der Waals surface area contributed by atoms with Crippen molar-refractivity contribution >= 4 is 5.78 Å². The molecule has 1 rings (SSSR count). The van der Waals surface area contributed by atoms with Crippen molar-refractivity contribution in [1.82, 2.24) is 0 Å². The van der Waals surface area contributed by atoms with E-state index in [1.165, 1.54) is 25.0 Å². The van der Waals surface area contributed by atoms with Gasteiger partial charge in [0.1, 0.15) is 11.6 Å². The highest BCUT2D eigenvalue weighted by Crippen LogP contribution is 2.13. The number of unbranched alkanes of at least 4 members (excludes halogenated alkanes) is 3. The van der Waals surface area contributed by atoms with E-state index in [4.69, 9.17) is 0 Å². The predicted octanol–water partition coefficient (Wildman–Crippen LogP) is 4.22. The topological polar surface area (TPSA) is 17.1 Å². The summed E-state index contributed by atoms with van der Waals surface area (Å²) in [4.78, 5) is 11.7. The molecule has 1 aromatic carbocycles. The summed E-state index contributed by atoms with van der Waals surface area (Å²) in [5, 5.41) is 0. The van der Waals surface area contributed by atoms with Crippen molar-refractivity contribution in [3.05, 3.63) is 35.1 Å². The Morgan fingerprint density at radius 1 is 1.24 bits per heavy atom. The minimum absolute atomic E-state index is 0.217. The summed E-state index contributed by atoms with van der Waals surface area (Å²) < 4.78 is 13.0. The van der Waals surface area contributed by atoms with Crippen LogP contribution >= 0.6 is 0 Å². The number of aryl methyl sites for hydroxylation is 1. The first-order valence-corrected chi connectivity index (χ1v) is 6.40. The molecule has 0 unspecified atom stereocenters. The Morgan fingerprint density at radius 2 is 2.00 bits per heavy atom. The molecule has 0 aliphatic carbocycles. The Bertz CT molecular complexity index is 371. The molecule has 0 radical (unpaired) electrons. The quantitative estimate of drug-likeness (QED) is 0.648. The fourth-order valence-electron chi connectivity index (χ4n) is 1.88. The first-order chi connectivity index (χ1) is 8.13. The molecule has 94 valence electrons. The lowest BCUT2D eigenvalue weighted by Crippen LogP contribution is -2.04. The van der Waals surface area contributed by atoms with Crippen LogP contribution in [0.15, 0.2) is 18.2 Å². The van der Waals surface area contributed by atoms with Crippen molar-refractivity contribution < 1.29 is 9.18 Å². The van der Waals surface area contributed by atoms with E-state index in [-0.39, 0.29) is 11.6 Å². The molecule has 17 heavy (non-hydrogen) atoms. The molecule has 0 spiro atoms. The van der Waals surface area contributed by atoms with Crippen molar-refractivity contribution in [2.75, 3.05) is 0 Å². The molecular weight excluding hydrogens is 215 g/mol. The minimum atomic E-state index is -0.260. The summed E-state index contributed by atoms with van der Waals surface area (Å²) >= 11 is 0. The number of carbonyl (C=O) groups is 1. The minimum Gasteiger partial charge on any atom is -0.299 e. The number of rotatable bonds is 7. The summed E-state index contributed by atoms with van der Waals surface area (Å²) in [6.07, 6.45) is 5.43. The maximum absolute atomic E-state index is 13.0. The molecule has 0 aliphatic rings. The number of Topliss-reactive ketones (excluding diaryl/α,β-unsaturated/α-hetero) is 1. The van der Waals surface area contributed by atoms with E-state index in [9.17, 15) is 9.18 Å². The van der Waals surface area contributed by atoms with Gasteiger partial charge in [0.2, 0.25) is 0 Å². The van der Waals surface area contributed by atoms with Crippen molar-refractivity contribution in [2.45, 2.75) is 52.4 Å². The number of carbonyl (C=O) groups excluding carboxylic acids is 1. The molecule has 0 atom stereocenters. The van der Waals surface area contributed by atoms with E-state index in [1.54, 1.807) is 6.07 Å². The van der Waals surface area contributed by atoms with Crippen LogP contribution in [0.25, 0.3) is 0 Å². The first-order valence-electron chi connectivity index (χ1n) is 6.40. The molecular formula is C15H21FO. The molecule has 0 N–H and O–H groups in total. The summed E-state index contributed by atoms with van der Waals surface area (Å²) in [7, 11) is 0. The van der Waals surface area contributed by atoms with Crippen LogP contribution in [0.4, 0.5) is 4.39 Å². The van der Waals surface area contributed by atoms with Gasteiger partial charge in [-0.15, -0.1) is 0 Å². The van der Waals surface area contributed by atoms with Crippen molar-refractivity contribution in [1.29, 1.82) is 0 Å². The van der Waals surface area contributed by atoms with E-state index in [2.05, 4.69) is 6.92 Å². The fraction of sp³-hybridized carbons (Fsp3) is 0.533. The van der Waals surface area contributed by atoms with E-state index in [0.29, 0.717) is 12.8 Å². The Morgan fingerprint density at radius 3 is 2.71 bits per heavy atom. The molecule has 1 nitrogen and oxygen atoms in total. The highest BCUT2D eigenvalue weighted by Gasteiger charge is 2.07. The third-order valence-corrected chi connectivity index (χ3v) is 3.01. The number of halogens is 1. The van der Waals surface area contributed by atoms with Gasteiger partial charge in [0.05, 0.1) is 0 Å². The van der Waals surface area contributed by atoms with Crippen molar-refractivity contribution in [3.8, 4) is 0 Å². The molecule has 2 heteroatoms. The highest BCUT2D eigenvalue weighted by molar-refractivity contribution is 5.81. The smallest absolute Gasteiger partial charge is 0.137 e. The zero-order valence-corrected chi connectivity index (χ0v) is 10.8. The van der Waals surface area contributed by atoms with Crippen molar-refractivity contribution in [2.24, 2.45) is 0 Å². The van der Waals surface area contributed by atoms with Gasteiger partial charge in [-0.05, 0) is 36.6 Å². The standard InChI is InChI=1S/C15H21FO/c1-3-4-5-6-7-15(17)11-13-10-14(16)9-8-12(13)2/h8-10H,3-7,11H2,1-2H3. The van der Waals surface area contributed by atoms with Crippen LogP contribution in [-0.2, 0) is 11.2 Å². The zero-order valence-electron chi connectivity index (χ0n) is 10.8. The third-order valence-electron chi connectivity index (χ3n) is 3.01. The second-order valence-electron chi connectivity index (χ2n) is 4.60. The fourth-order valence-corrected chi connectivity index (χ4v) is 1.88. The Kier molecular flexibility index (Phi) is 5.88. The van der Waals surface area contributed by atoms with Crippen LogP contribution in [0, 0.1) is 12.7 Å². The first kappa shape index (κ1) is 13.9. The average molecular weight is 236 g/mol. The second kappa shape index (κ2) is 7.21. The second-order valence-corrected chi connectivity index (χ2v) is 4.60. The Hall–Kier alpha value is -1.18. The lowest BCUT2D eigenvalue weighted by Gasteiger charge is -2.05. The molecule has 0 bridgehead atoms. The third kappa shape index (κ3) is 5.12. The normalized spacial score (nSPS) is 10.5. The van der Waals surface area contributed by atoms with Gasteiger partial charge in [0.25, 0.3) is 0 Å². The summed E-state index contributed by atoms with van der Waals surface area (Å²) in [6.45, 7) is 4.07. The summed E-state index contributed by atoms with van der Waals surface area (Å²) in [5.41, 5.74) is 1.82. The van der Waals surface area contributed by atoms with E-state index < -0.39 is 0 Å². The van der Waals surface area contributed by atoms with Crippen molar-refractivity contribution in [3.63, 3.8) is 0 Å². The Balaban J connectivity index is 2.42. The number of hydrogen-bond donors (Lipinski definition) is 0. The Labute approximate surface area is 103 Å². The van der Waals surface area contributed by atoms with Crippen LogP contribution in [0.5, 0.6) is 0 Å². The maximum Gasteiger partial charge on any atom is 0.137 e. The lowest BCUT2D eigenvalue weighted by molar-refractivity contribution is -0.118. The highest BCUT2D eigenvalue weighted by atomic mass is 19.1. The van der Waals surface area contributed by atoms with Gasteiger partial charge in [0.15, 0.2) is 0 Å². The monoisotopic (exact) mass is 236 g/mol. The largest absolute Gasteiger partial charge is 0.299 e. The molecule has 0 saturated heterocycles. The van der Waals surface area contributed by atoms with Crippen LogP contribution in [0.1, 0.15) is 50.2 Å². The number of hydrogen-bond acceptors (Lipinski definition) is 1. The summed E-state index contributed by atoms with van der Waals surface area (Å²) in [6, 6.07) is 4.64. The molecule has 1 aromatic rings. The van der Waals surface area contributed by atoms with Gasteiger partial charge in [0, 0.05) is 12.8 Å². The van der Waals surface area contributed by atoms with Crippen LogP contribution in [-0.4, -0.2) is 5.78 Å². The van der Waals surface area contributed by atoms with Gasteiger partial charge >= 0.3 is 0 Å². The van der Waals surface area contributed by atoms with Gasteiger partial charge < -0.3 is 0 Å². The van der Waals surface area contributed by atoms with Gasteiger partial charge in [-0.1, -0.05) is 32.3 Å².